The van der Waals surface area contributed by atoms with Crippen LogP contribution in [0.1, 0.15) is 26.2 Å². The monoisotopic (exact) mass is 264 g/mol. The van der Waals surface area contributed by atoms with Gasteiger partial charge in [-0.3, -0.25) is 4.79 Å². The Labute approximate surface area is 115 Å². The van der Waals surface area contributed by atoms with Crippen LogP contribution in [0, 0.1) is 0 Å². The summed E-state index contributed by atoms with van der Waals surface area (Å²) in [6.45, 7) is 3.58. The summed E-state index contributed by atoms with van der Waals surface area (Å²) in [7, 11) is 3.51. The molecule has 0 aliphatic carbocycles. The Morgan fingerprint density at radius 1 is 1.37 bits per heavy atom. The van der Waals surface area contributed by atoms with Gasteiger partial charge in [-0.15, -0.1) is 0 Å². The van der Waals surface area contributed by atoms with Crippen molar-refractivity contribution in [2.24, 2.45) is 0 Å². The number of unbranched alkanes of at least 4 members (excludes halogenated alkanes) is 1. The number of nitrogens with zero attached hydrogens (tertiary/aromatic N) is 1. The highest BCUT2D eigenvalue weighted by molar-refractivity contribution is 5.76. The number of hydrogen-bond donors (Lipinski definition) is 1. The van der Waals surface area contributed by atoms with Crippen molar-refractivity contribution in [1.29, 1.82) is 0 Å². The van der Waals surface area contributed by atoms with Gasteiger partial charge in [0.15, 0.2) is 0 Å². The molecule has 1 N–H and O–H groups in total. The predicted molar refractivity (Wildman–Crippen MR) is 78.6 cm³/mol. The summed E-state index contributed by atoms with van der Waals surface area (Å²) >= 11 is 0. The molecule has 0 atom stereocenters. The van der Waals surface area contributed by atoms with E-state index in [1.54, 1.807) is 12.0 Å². The maximum Gasteiger partial charge on any atom is 0.224 e. The van der Waals surface area contributed by atoms with Crippen molar-refractivity contribution in [3.63, 3.8) is 0 Å². The van der Waals surface area contributed by atoms with Crippen molar-refractivity contribution >= 4 is 11.6 Å². The van der Waals surface area contributed by atoms with E-state index in [1.807, 2.05) is 31.3 Å². The molecule has 0 saturated heterocycles. The number of ether oxygens (including phenoxy) is 1. The molecule has 1 aromatic carbocycles. The maximum absolute atomic E-state index is 11.8. The topological polar surface area (TPSA) is 41.6 Å². The van der Waals surface area contributed by atoms with Crippen LogP contribution < -0.4 is 10.1 Å². The molecule has 0 bridgehead atoms. The van der Waals surface area contributed by atoms with Crippen LogP contribution >= 0.6 is 0 Å². The summed E-state index contributed by atoms with van der Waals surface area (Å²) in [5, 5.41) is 3.23. The Bertz CT molecular complexity index is 393. The SMILES string of the molecule is CCCCN(C)C(=O)CCNc1ccccc1OC. The molecule has 0 aliphatic heterocycles. The Hall–Kier alpha value is -1.71. The minimum absolute atomic E-state index is 0.177. The largest absolute Gasteiger partial charge is 0.495 e. The molecule has 4 nitrogen and oxygen atoms in total. The molecule has 4 heteroatoms. The zero-order chi connectivity index (χ0) is 14.1. The number of hydrogen-bond acceptors (Lipinski definition) is 3. The number of para-hydroxylation sites is 2. The predicted octanol–water partition coefficient (Wildman–Crippen LogP) is 2.76. The van der Waals surface area contributed by atoms with Gasteiger partial charge in [-0.2, -0.15) is 0 Å². The van der Waals surface area contributed by atoms with Crippen LogP contribution in [0.2, 0.25) is 0 Å². The van der Waals surface area contributed by atoms with Gasteiger partial charge in [0.05, 0.1) is 12.8 Å². The molecule has 106 valence electrons. The molecule has 0 spiro atoms. The first-order valence-electron chi connectivity index (χ1n) is 6.80. The van der Waals surface area contributed by atoms with Crippen molar-refractivity contribution in [1.82, 2.24) is 4.90 Å². The van der Waals surface area contributed by atoms with E-state index in [0.717, 1.165) is 30.8 Å². The molecule has 0 fully saturated rings. The highest BCUT2D eigenvalue weighted by atomic mass is 16.5. The number of amides is 1. The highest BCUT2D eigenvalue weighted by Gasteiger charge is 2.08. The van der Waals surface area contributed by atoms with E-state index in [4.69, 9.17) is 4.74 Å². The van der Waals surface area contributed by atoms with E-state index in [9.17, 15) is 4.79 Å². The number of benzene rings is 1. The number of carbonyl (C=O) groups excluding carboxylic acids is 1. The van der Waals surface area contributed by atoms with Crippen LogP contribution in [0.4, 0.5) is 5.69 Å². The maximum atomic E-state index is 11.8. The van der Waals surface area contributed by atoms with E-state index in [-0.39, 0.29) is 5.91 Å². The van der Waals surface area contributed by atoms with Gasteiger partial charge in [0.25, 0.3) is 0 Å². The summed E-state index contributed by atoms with van der Waals surface area (Å²) in [5.74, 6) is 0.977. The van der Waals surface area contributed by atoms with Gasteiger partial charge in [-0.25, -0.2) is 0 Å². The number of carbonyl (C=O) groups is 1. The average molecular weight is 264 g/mol. The molecule has 0 saturated carbocycles. The standard InChI is InChI=1S/C15H24N2O2/c1-4-5-12-17(2)15(18)10-11-16-13-8-6-7-9-14(13)19-3/h6-9,16H,4-5,10-12H2,1-3H3. The van der Waals surface area contributed by atoms with E-state index >= 15 is 0 Å². The first kappa shape index (κ1) is 15.3. The molecule has 0 aromatic heterocycles. The quantitative estimate of drug-likeness (QED) is 0.785. The first-order chi connectivity index (χ1) is 9.19. The number of nitrogens with one attached hydrogen (secondary N) is 1. The molecule has 1 rings (SSSR count). The molecule has 1 aromatic rings. The van der Waals surface area contributed by atoms with Crippen molar-refractivity contribution in [2.75, 3.05) is 32.6 Å². The lowest BCUT2D eigenvalue weighted by atomic mass is 10.2. The second kappa shape index (κ2) is 8.40. The lowest BCUT2D eigenvalue weighted by Crippen LogP contribution is -2.29. The minimum atomic E-state index is 0.177. The Morgan fingerprint density at radius 2 is 2.11 bits per heavy atom. The second-order valence-corrected chi connectivity index (χ2v) is 4.55. The van der Waals surface area contributed by atoms with Crippen LogP contribution in [0.3, 0.4) is 0 Å². The van der Waals surface area contributed by atoms with Crippen molar-refractivity contribution < 1.29 is 9.53 Å². The molecular formula is C15H24N2O2. The average Bonchev–Trinajstić information content (AvgIpc) is 2.45. The van der Waals surface area contributed by atoms with E-state index in [0.29, 0.717) is 13.0 Å². The third-order valence-electron chi connectivity index (χ3n) is 3.03. The van der Waals surface area contributed by atoms with Gasteiger partial charge >= 0.3 is 0 Å². The van der Waals surface area contributed by atoms with Crippen LogP contribution in [0.5, 0.6) is 5.75 Å². The fourth-order valence-electron chi connectivity index (χ4n) is 1.81. The van der Waals surface area contributed by atoms with Crippen LogP contribution in [0.25, 0.3) is 0 Å². The molecular weight excluding hydrogens is 240 g/mol. The molecule has 0 heterocycles. The van der Waals surface area contributed by atoms with Gasteiger partial charge in [0.2, 0.25) is 5.91 Å². The fraction of sp³-hybridized carbons (Fsp3) is 0.533. The first-order valence-corrected chi connectivity index (χ1v) is 6.80. The number of anilines is 1. The second-order valence-electron chi connectivity index (χ2n) is 4.55. The number of rotatable bonds is 8. The van der Waals surface area contributed by atoms with Crippen LogP contribution in [-0.4, -0.2) is 38.1 Å². The third kappa shape index (κ3) is 5.20. The Balaban J connectivity index is 2.35. The minimum Gasteiger partial charge on any atom is -0.495 e. The summed E-state index contributed by atoms with van der Waals surface area (Å²) < 4.78 is 5.25. The molecule has 0 unspecified atom stereocenters. The van der Waals surface area contributed by atoms with Gasteiger partial charge < -0.3 is 15.0 Å². The Kier molecular flexibility index (Phi) is 6.79. The van der Waals surface area contributed by atoms with Crippen LogP contribution in [-0.2, 0) is 4.79 Å². The van der Waals surface area contributed by atoms with Crippen LogP contribution in [0.15, 0.2) is 24.3 Å². The van der Waals surface area contributed by atoms with Gasteiger partial charge in [0, 0.05) is 26.6 Å². The Morgan fingerprint density at radius 3 is 2.79 bits per heavy atom. The smallest absolute Gasteiger partial charge is 0.224 e. The normalized spacial score (nSPS) is 10.1. The number of methoxy groups -OCH3 is 1. The lowest BCUT2D eigenvalue weighted by Gasteiger charge is -2.17. The molecule has 0 aliphatic rings. The van der Waals surface area contributed by atoms with E-state index in [1.165, 1.54) is 0 Å². The van der Waals surface area contributed by atoms with Crippen molar-refractivity contribution in [3.05, 3.63) is 24.3 Å². The summed E-state index contributed by atoms with van der Waals surface area (Å²) in [5.41, 5.74) is 0.925. The lowest BCUT2D eigenvalue weighted by molar-refractivity contribution is -0.129. The molecule has 1 amide bonds. The van der Waals surface area contributed by atoms with Crippen molar-refractivity contribution in [3.8, 4) is 5.75 Å². The van der Waals surface area contributed by atoms with Crippen molar-refractivity contribution in [2.45, 2.75) is 26.2 Å². The molecule has 19 heavy (non-hydrogen) atoms. The third-order valence-corrected chi connectivity index (χ3v) is 3.03. The van der Waals surface area contributed by atoms with Gasteiger partial charge in [-0.1, -0.05) is 25.5 Å². The van der Waals surface area contributed by atoms with Gasteiger partial charge in [0.1, 0.15) is 5.75 Å². The zero-order valence-corrected chi connectivity index (χ0v) is 12.1. The summed E-state index contributed by atoms with van der Waals surface area (Å²) in [4.78, 5) is 13.6. The summed E-state index contributed by atoms with van der Waals surface area (Å²) in [6, 6.07) is 7.72. The molecule has 0 radical (unpaired) electrons. The van der Waals surface area contributed by atoms with E-state index in [2.05, 4.69) is 12.2 Å². The zero-order valence-electron chi connectivity index (χ0n) is 12.1. The summed E-state index contributed by atoms with van der Waals surface area (Å²) in [6.07, 6.45) is 2.66. The van der Waals surface area contributed by atoms with E-state index < -0.39 is 0 Å². The highest BCUT2D eigenvalue weighted by Crippen LogP contribution is 2.22. The fourth-order valence-corrected chi connectivity index (χ4v) is 1.81. The van der Waals surface area contributed by atoms with Gasteiger partial charge in [-0.05, 0) is 18.6 Å².